The topological polar surface area (TPSA) is 70.9 Å². The van der Waals surface area contributed by atoms with E-state index in [4.69, 9.17) is 0 Å². The van der Waals surface area contributed by atoms with Crippen molar-refractivity contribution in [1.29, 1.82) is 0 Å². The summed E-state index contributed by atoms with van der Waals surface area (Å²) in [5, 5.41) is 2.99. The average Bonchev–Trinajstić information content (AvgIpc) is 2.60. The van der Waals surface area contributed by atoms with Gasteiger partial charge in [-0.3, -0.25) is 4.79 Å². The fourth-order valence-electron chi connectivity index (χ4n) is 3.25. The van der Waals surface area contributed by atoms with Crippen LogP contribution in [-0.2, 0) is 14.8 Å². The third kappa shape index (κ3) is 6.22. The van der Waals surface area contributed by atoms with Crippen molar-refractivity contribution >= 4 is 15.9 Å². The van der Waals surface area contributed by atoms with Gasteiger partial charge in [-0.05, 0) is 37.8 Å². The second-order valence-corrected chi connectivity index (χ2v) is 9.75. The lowest BCUT2D eigenvalue weighted by molar-refractivity contribution is -0.895. The number of sulfonamides is 1. The fourth-order valence-corrected chi connectivity index (χ4v) is 4.74. The number of carbonyl (C=O) groups excluding carboxylic acids is 1. The Labute approximate surface area is 165 Å². The van der Waals surface area contributed by atoms with Gasteiger partial charge in [-0.1, -0.05) is 13.8 Å². The van der Waals surface area contributed by atoms with Gasteiger partial charge in [-0.15, -0.1) is 0 Å². The number of benzene rings is 1. The van der Waals surface area contributed by atoms with E-state index in [9.17, 15) is 22.0 Å². The molecule has 1 saturated heterocycles. The summed E-state index contributed by atoms with van der Waals surface area (Å²) in [6.45, 7) is 7.83. The number of carbonyl (C=O) groups is 1. The number of piperazine rings is 1. The summed E-state index contributed by atoms with van der Waals surface area (Å²) in [7, 11) is -4.02. The highest BCUT2D eigenvalue weighted by Crippen LogP contribution is 2.20. The first-order valence-corrected chi connectivity index (χ1v) is 11.1. The van der Waals surface area contributed by atoms with Crippen LogP contribution in [0.1, 0.15) is 33.6 Å². The largest absolute Gasteiger partial charge is 0.349 e. The number of amides is 1. The molecule has 1 atom stereocenters. The molecule has 0 bridgehead atoms. The molecule has 0 radical (unpaired) electrons. The van der Waals surface area contributed by atoms with Crippen LogP contribution in [0.2, 0.25) is 0 Å². The number of nitrogens with zero attached hydrogens (tertiary/aromatic N) is 1. The van der Waals surface area contributed by atoms with Gasteiger partial charge in [0.25, 0.3) is 5.91 Å². The monoisotopic (exact) mass is 418 g/mol. The number of quaternary nitrogens is 1. The molecular formula is C19H30F2N3O3S+. The van der Waals surface area contributed by atoms with Gasteiger partial charge in [0, 0.05) is 12.1 Å². The summed E-state index contributed by atoms with van der Waals surface area (Å²) in [6, 6.07) is 2.56. The summed E-state index contributed by atoms with van der Waals surface area (Å²) in [6.07, 6.45) is 1.97. The standard InChI is InChI=1S/C19H29F2N3O3S/c1-14(2)4-5-15(3)22-19(25)13-23-8-10-24(11-9-23)28(26,27)18-7-6-16(20)12-17(18)21/h6-7,12,14-15H,4-5,8-11,13H2,1-3H3,(H,22,25)/p+1/t15-/m1/s1. The zero-order valence-electron chi connectivity index (χ0n) is 16.7. The second-order valence-electron chi connectivity index (χ2n) is 7.85. The van der Waals surface area contributed by atoms with Gasteiger partial charge < -0.3 is 10.2 Å². The minimum atomic E-state index is -4.02. The molecule has 2 rings (SSSR count). The van der Waals surface area contributed by atoms with E-state index in [1.807, 2.05) is 6.92 Å². The second kappa shape index (κ2) is 9.76. The van der Waals surface area contributed by atoms with Gasteiger partial charge in [-0.2, -0.15) is 4.31 Å². The molecule has 0 spiro atoms. The molecule has 1 aromatic carbocycles. The van der Waals surface area contributed by atoms with Crippen molar-refractivity contribution in [2.24, 2.45) is 5.92 Å². The van der Waals surface area contributed by atoms with Gasteiger partial charge in [0.1, 0.15) is 16.5 Å². The van der Waals surface area contributed by atoms with Gasteiger partial charge >= 0.3 is 0 Å². The minimum Gasteiger partial charge on any atom is -0.349 e. The first-order valence-electron chi connectivity index (χ1n) is 9.67. The zero-order valence-corrected chi connectivity index (χ0v) is 17.5. The Morgan fingerprint density at radius 2 is 1.82 bits per heavy atom. The Morgan fingerprint density at radius 1 is 1.18 bits per heavy atom. The number of nitrogens with one attached hydrogen (secondary N) is 2. The van der Waals surface area contributed by atoms with E-state index in [1.165, 1.54) is 4.31 Å². The molecule has 28 heavy (non-hydrogen) atoms. The maximum absolute atomic E-state index is 13.9. The predicted octanol–water partition coefficient (Wildman–Crippen LogP) is 0.795. The van der Waals surface area contributed by atoms with Crippen LogP contribution in [0.25, 0.3) is 0 Å². The number of halogens is 2. The molecule has 1 fully saturated rings. The quantitative estimate of drug-likeness (QED) is 0.656. The highest BCUT2D eigenvalue weighted by molar-refractivity contribution is 7.89. The first kappa shape index (κ1) is 22.7. The Morgan fingerprint density at radius 3 is 2.39 bits per heavy atom. The van der Waals surface area contributed by atoms with Crippen molar-refractivity contribution in [1.82, 2.24) is 9.62 Å². The Hall–Kier alpha value is -1.58. The number of hydrogen-bond donors (Lipinski definition) is 2. The van der Waals surface area contributed by atoms with Crippen LogP contribution in [0.15, 0.2) is 23.1 Å². The number of rotatable bonds is 8. The van der Waals surface area contributed by atoms with Gasteiger partial charge in [0.2, 0.25) is 10.0 Å². The van der Waals surface area contributed by atoms with E-state index in [-0.39, 0.29) is 31.6 Å². The molecule has 1 heterocycles. The SMILES string of the molecule is CC(C)CC[C@@H](C)NC(=O)C[NH+]1CCN(S(=O)(=O)c2ccc(F)cc2F)CC1. The molecule has 1 aliphatic heterocycles. The van der Waals surface area contributed by atoms with Crippen LogP contribution >= 0.6 is 0 Å². The summed E-state index contributed by atoms with van der Waals surface area (Å²) in [5.41, 5.74) is 0. The van der Waals surface area contributed by atoms with Crippen LogP contribution < -0.4 is 10.2 Å². The molecule has 9 heteroatoms. The molecule has 1 aromatic rings. The van der Waals surface area contributed by atoms with E-state index >= 15 is 0 Å². The van der Waals surface area contributed by atoms with Crippen LogP contribution in [0.3, 0.4) is 0 Å². The first-order chi connectivity index (χ1) is 13.1. The van der Waals surface area contributed by atoms with Crippen molar-refractivity contribution in [2.45, 2.75) is 44.6 Å². The Bertz CT molecular complexity index is 779. The lowest BCUT2D eigenvalue weighted by Crippen LogP contribution is -3.15. The lowest BCUT2D eigenvalue weighted by atomic mass is 10.0. The highest BCUT2D eigenvalue weighted by atomic mass is 32.2. The molecule has 1 amide bonds. The van der Waals surface area contributed by atoms with Crippen molar-refractivity contribution in [3.05, 3.63) is 29.8 Å². The van der Waals surface area contributed by atoms with Crippen LogP contribution in [0.4, 0.5) is 8.78 Å². The molecule has 0 unspecified atom stereocenters. The molecule has 1 aliphatic rings. The van der Waals surface area contributed by atoms with Gasteiger partial charge in [0.15, 0.2) is 6.54 Å². The Kier molecular flexibility index (Phi) is 7.91. The van der Waals surface area contributed by atoms with Crippen molar-refractivity contribution in [3.63, 3.8) is 0 Å². The smallest absolute Gasteiger partial charge is 0.275 e. The predicted molar refractivity (Wildman–Crippen MR) is 102 cm³/mol. The van der Waals surface area contributed by atoms with Gasteiger partial charge in [0.05, 0.1) is 26.2 Å². The van der Waals surface area contributed by atoms with E-state index in [2.05, 4.69) is 19.2 Å². The minimum absolute atomic E-state index is 0.0489. The lowest BCUT2D eigenvalue weighted by Gasteiger charge is -2.31. The van der Waals surface area contributed by atoms with Gasteiger partial charge in [-0.25, -0.2) is 17.2 Å². The molecule has 6 nitrogen and oxygen atoms in total. The zero-order chi connectivity index (χ0) is 20.9. The van der Waals surface area contributed by atoms with Crippen LogP contribution in [0, 0.1) is 17.6 Å². The molecule has 0 aliphatic carbocycles. The fraction of sp³-hybridized carbons (Fsp3) is 0.632. The summed E-state index contributed by atoms with van der Waals surface area (Å²) in [5.74, 6) is -1.37. The Balaban J connectivity index is 1.86. The summed E-state index contributed by atoms with van der Waals surface area (Å²) >= 11 is 0. The molecule has 2 N–H and O–H groups in total. The van der Waals surface area contributed by atoms with Crippen molar-refractivity contribution in [2.75, 3.05) is 32.7 Å². The third-order valence-electron chi connectivity index (χ3n) is 4.94. The molecule has 158 valence electrons. The van der Waals surface area contributed by atoms with Crippen LogP contribution in [-0.4, -0.2) is 57.4 Å². The maximum atomic E-state index is 13.9. The van der Waals surface area contributed by atoms with Crippen molar-refractivity contribution < 1.29 is 26.9 Å². The third-order valence-corrected chi connectivity index (χ3v) is 6.87. The maximum Gasteiger partial charge on any atom is 0.275 e. The van der Waals surface area contributed by atoms with E-state index in [0.717, 1.165) is 29.9 Å². The molecular weight excluding hydrogens is 388 g/mol. The average molecular weight is 419 g/mol. The van der Waals surface area contributed by atoms with E-state index in [1.54, 1.807) is 0 Å². The summed E-state index contributed by atoms with van der Waals surface area (Å²) in [4.78, 5) is 12.7. The molecule has 0 saturated carbocycles. The van der Waals surface area contributed by atoms with Crippen LogP contribution in [0.5, 0.6) is 0 Å². The van der Waals surface area contributed by atoms with E-state index in [0.29, 0.717) is 25.1 Å². The van der Waals surface area contributed by atoms with Crippen molar-refractivity contribution in [3.8, 4) is 0 Å². The molecule has 0 aromatic heterocycles. The number of hydrogen-bond acceptors (Lipinski definition) is 3. The summed E-state index contributed by atoms with van der Waals surface area (Å²) < 4.78 is 53.3. The highest BCUT2D eigenvalue weighted by Gasteiger charge is 2.33. The van der Waals surface area contributed by atoms with E-state index < -0.39 is 26.6 Å². The normalized spacial score (nSPS) is 17.6.